The van der Waals surface area contributed by atoms with Crippen molar-refractivity contribution in [3.63, 3.8) is 0 Å². The Labute approximate surface area is 143 Å². The SMILES string of the molecule is CC(C)(C)CC(=O)NCCNc1nc(C2CC2)nc2ccccc12. The maximum Gasteiger partial charge on any atom is 0.220 e. The molecule has 1 aromatic heterocycles. The molecule has 1 amide bonds. The molecule has 0 saturated heterocycles. The van der Waals surface area contributed by atoms with Crippen molar-refractivity contribution >= 4 is 22.6 Å². The van der Waals surface area contributed by atoms with Gasteiger partial charge in [0.1, 0.15) is 11.6 Å². The molecule has 3 rings (SSSR count). The zero-order valence-electron chi connectivity index (χ0n) is 14.7. The van der Waals surface area contributed by atoms with Gasteiger partial charge >= 0.3 is 0 Å². The minimum absolute atomic E-state index is 0.0134. The summed E-state index contributed by atoms with van der Waals surface area (Å²) >= 11 is 0. The Kier molecular flexibility index (Phi) is 4.69. The van der Waals surface area contributed by atoms with Crippen LogP contribution in [-0.2, 0) is 4.79 Å². The second-order valence-electron chi connectivity index (χ2n) is 7.74. The van der Waals surface area contributed by atoms with E-state index in [2.05, 4.69) is 36.4 Å². The number of carbonyl (C=O) groups excluding carboxylic acids is 1. The second kappa shape index (κ2) is 6.75. The predicted molar refractivity (Wildman–Crippen MR) is 97.1 cm³/mol. The van der Waals surface area contributed by atoms with Crippen LogP contribution >= 0.6 is 0 Å². The lowest BCUT2D eigenvalue weighted by atomic mass is 9.92. The molecule has 1 aromatic carbocycles. The molecule has 2 N–H and O–H groups in total. The van der Waals surface area contributed by atoms with Crippen molar-refractivity contribution in [3.05, 3.63) is 30.1 Å². The average molecular weight is 326 g/mol. The summed E-state index contributed by atoms with van der Waals surface area (Å²) in [6.45, 7) is 7.44. The Morgan fingerprint density at radius 1 is 1.17 bits per heavy atom. The van der Waals surface area contributed by atoms with Gasteiger partial charge in [-0.2, -0.15) is 0 Å². The van der Waals surface area contributed by atoms with E-state index in [0.717, 1.165) is 22.5 Å². The summed E-state index contributed by atoms with van der Waals surface area (Å²) in [5, 5.41) is 7.36. The van der Waals surface area contributed by atoms with E-state index in [1.165, 1.54) is 12.8 Å². The lowest BCUT2D eigenvalue weighted by molar-refractivity contribution is -0.122. The first kappa shape index (κ1) is 16.7. The lowest BCUT2D eigenvalue weighted by Gasteiger charge is -2.17. The summed E-state index contributed by atoms with van der Waals surface area (Å²) in [5.74, 6) is 2.41. The van der Waals surface area contributed by atoms with Crippen molar-refractivity contribution < 1.29 is 4.79 Å². The van der Waals surface area contributed by atoms with E-state index in [1.54, 1.807) is 0 Å². The molecule has 0 atom stereocenters. The highest BCUT2D eigenvalue weighted by Crippen LogP contribution is 2.39. The quantitative estimate of drug-likeness (QED) is 0.798. The van der Waals surface area contributed by atoms with Gasteiger partial charge in [0.2, 0.25) is 5.91 Å². The molecule has 24 heavy (non-hydrogen) atoms. The Hall–Kier alpha value is -2.17. The summed E-state index contributed by atoms with van der Waals surface area (Å²) in [6.07, 6.45) is 2.90. The molecule has 2 aromatic rings. The zero-order valence-corrected chi connectivity index (χ0v) is 14.7. The van der Waals surface area contributed by atoms with Gasteiger partial charge in [-0.3, -0.25) is 4.79 Å². The van der Waals surface area contributed by atoms with Gasteiger partial charge in [0, 0.05) is 30.8 Å². The molecule has 5 heteroatoms. The average Bonchev–Trinajstić information content (AvgIpc) is 3.34. The Morgan fingerprint density at radius 3 is 2.62 bits per heavy atom. The van der Waals surface area contributed by atoms with Gasteiger partial charge in [-0.25, -0.2) is 9.97 Å². The lowest BCUT2D eigenvalue weighted by Crippen LogP contribution is -2.31. The minimum Gasteiger partial charge on any atom is -0.368 e. The molecule has 0 aliphatic heterocycles. The standard InChI is InChI=1S/C19H26N4O/c1-19(2,3)12-16(24)20-10-11-21-18-14-6-4-5-7-15(14)22-17(23-18)13-8-9-13/h4-7,13H,8-12H2,1-3H3,(H,20,24)(H,21,22,23). The van der Waals surface area contributed by atoms with Crippen molar-refractivity contribution in [2.24, 2.45) is 5.41 Å². The molecule has 1 aliphatic rings. The molecule has 128 valence electrons. The fraction of sp³-hybridized carbons (Fsp3) is 0.526. The number of para-hydroxylation sites is 1. The number of benzene rings is 1. The highest BCUT2D eigenvalue weighted by Gasteiger charge is 2.27. The summed E-state index contributed by atoms with van der Waals surface area (Å²) in [4.78, 5) is 21.2. The zero-order chi connectivity index (χ0) is 17.2. The minimum atomic E-state index is 0.0134. The summed E-state index contributed by atoms with van der Waals surface area (Å²) in [7, 11) is 0. The number of rotatable bonds is 6. The van der Waals surface area contributed by atoms with Crippen LogP contribution in [0.5, 0.6) is 0 Å². The predicted octanol–water partition coefficient (Wildman–Crippen LogP) is 3.47. The van der Waals surface area contributed by atoms with Crippen LogP contribution in [0.1, 0.15) is 51.8 Å². The van der Waals surface area contributed by atoms with Crippen LogP contribution in [-0.4, -0.2) is 29.0 Å². The van der Waals surface area contributed by atoms with Crippen molar-refractivity contribution in [3.8, 4) is 0 Å². The highest BCUT2D eigenvalue weighted by atomic mass is 16.1. The Balaban J connectivity index is 1.61. The molecule has 0 radical (unpaired) electrons. The van der Waals surface area contributed by atoms with Gasteiger partial charge in [0.25, 0.3) is 0 Å². The third-order valence-corrected chi connectivity index (χ3v) is 3.99. The number of amides is 1. The van der Waals surface area contributed by atoms with Gasteiger partial charge < -0.3 is 10.6 Å². The third-order valence-electron chi connectivity index (χ3n) is 3.99. The van der Waals surface area contributed by atoms with E-state index in [9.17, 15) is 4.79 Å². The summed E-state index contributed by atoms with van der Waals surface area (Å²) < 4.78 is 0. The van der Waals surface area contributed by atoms with E-state index in [4.69, 9.17) is 4.98 Å². The number of hydrogen-bond acceptors (Lipinski definition) is 4. The largest absolute Gasteiger partial charge is 0.368 e. The van der Waals surface area contributed by atoms with Gasteiger partial charge in [0.05, 0.1) is 5.52 Å². The van der Waals surface area contributed by atoms with Crippen LogP contribution < -0.4 is 10.6 Å². The van der Waals surface area contributed by atoms with Crippen molar-refractivity contribution in [2.45, 2.75) is 46.0 Å². The molecule has 0 unspecified atom stereocenters. The van der Waals surface area contributed by atoms with Crippen LogP contribution in [0.4, 0.5) is 5.82 Å². The first-order valence-corrected chi connectivity index (χ1v) is 8.70. The number of aromatic nitrogens is 2. The first-order valence-electron chi connectivity index (χ1n) is 8.70. The third kappa shape index (κ3) is 4.43. The number of hydrogen-bond donors (Lipinski definition) is 2. The molecular formula is C19H26N4O. The van der Waals surface area contributed by atoms with E-state index >= 15 is 0 Å². The van der Waals surface area contributed by atoms with E-state index in [0.29, 0.717) is 25.4 Å². The van der Waals surface area contributed by atoms with Gasteiger partial charge in [-0.15, -0.1) is 0 Å². The number of nitrogens with zero attached hydrogens (tertiary/aromatic N) is 2. The number of carbonyl (C=O) groups is 1. The Morgan fingerprint density at radius 2 is 1.92 bits per heavy atom. The number of anilines is 1. The molecule has 1 aliphatic carbocycles. The maximum absolute atomic E-state index is 11.9. The Bertz CT molecular complexity index is 732. The number of fused-ring (bicyclic) bond motifs is 1. The summed E-state index contributed by atoms with van der Waals surface area (Å²) in [6, 6.07) is 8.06. The van der Waals surface area contributed by atoms with Gasteiger partial charge in [-0.05, 0) is 30.4 Å². The van der Waals surface area contributed by atoms with E-state index in [1.807, 2.05) is 24.3 Å². The molecular weight excluding hydrogens is 300 g/mol. The molecule has 1 heterocycles. The molecule has 0 spiro atoms. The van der Waals surface area contributed by atoms with Crippen molar-refractivity contribution in [1.82, 2.24) is 15.3 Å². The molecule has 0 bridgehead atoms. The van der Waals surface area contributed by atoms with E-state index < -0.39 is 0 Å². The first-order chi connectivity index (χ1) is 11.4. The fourth-order valence-corrected chi connectivity index (χ4v) is 2.68. The molecule has 1 saturated carbocycles. The topological polar surface area (TPSA) is 66.9 Å². The second-order valence-corrected chi connectivity index (χ2v) is 7.74. The normalized spacial score (nSPS) is 14.6. The van der Waals surface area contributed by atoms with Crippen LogP contribution in [0.2, 0.25) is 0 Å². The van der Waals surface area contributed by atoms with Crippen LogP contribution in [0, 0.1) is 5.41 Å². The van der Waals surface area contributed by atoms with Gasteiger partial charge in [-0.1, -0.05) is 32.9 Å². The van der Waals surface area contributed by atoms with Crippen LogP contribution in [0.25, 0.3) is 10.9 Å². The fourth-order valence-electron chi connectivity index (χ4n) is 2.68. The smallest absolute Gasteiger partial charge is 0.220 e. The number of nitrogens with one attached hydrogen (secondary N) is 2. The summed E-state index contributed by atoms with van der Waals surface area (Å²) in [5.41, 5.74) is 0.994. The molecule has 5 nitrogen and oxygen atoms in total. The molecule has 1 fully saturated rings. The maximum atomic E-state index is 11.9. The van der Waals surface area contributed by atoms with Crippen molar-refractivity contribution in [1.29, 1.82) is 0 Å². The van der Waals surface area contributed by atoms with Crippen LogP contribution in [0.3, 0.4) is 0 Å². The van der Waals surface area contributed by atoms with Crippen molar-refractivity contribution in [2.75, 3.05) is 18.4 Å². The van der Waals surface area contributed by atoms with Crippen LogP contribution in [0.15, 0.2) is 24.3 Å². The van der Waals surface area contributed by atoms with Gasteiger partial charge in [0.15, 0.2) is 0 Å². The monoisotopic (exact) mass is 326 g/mol. The highest BCUT2D eigenvalue weighted by molar-refractivity contribution is 5.89. The van der Waals surface area contributed by atoms with E-state index in [-0.39, 0.29) is 11.3 Å².